The standard InChI is InChI=1S/C15H15F2NO/c1-9-6-7-11(16)10(8-9)15(18)14-12(17)4-3-5-13(14)19-2/h3-8,15H,18H2,1-2H3. The minimum Gasteiger partial charge on any atom is -0.496 e. The van der Waals surface area contributed by atoms with Gasteiger partial charge in [-0.05, 0) is 25.1 Å². The lowest BCUT2D eigenvalue weighted by Gasteiger charge is -2.18. The Labute approximate surface area is 110 Å². The average Bonchev–Trinajstić information content (AvgIpc) is 2.40. The molecule has 0 fully saturated rings. The van der Waals surface area contributed by atoms with E-state index in [1.54, 1.807) is 18.2 Å². The highest BCUT2D eigenvalue weighted by Gasteiger charge is 2.21. The van der Waals surface area contributed by atoms with Crippen LogP contribution in [-0.4, -0.2) is 7.11 Å². The van der Waals surface area contributed by atoms with Gasteiger partial charge in [0.05, 0.1) is 18.7 Å². The molecule has 0 saturated carbocycles. The Morgan fingerprint density at radius 1 is 1.11 bits per heavy atom. The van der Waals surface area contributed by atoms with Gasteiger partial charge < -0.3 is 10.5 Å². The molecule has 0 saturated heterocycles. The van der Waals surface area contributed by atoms with E-state index in [0.717, 1.165) is 5.56 Å². The summed E-state index contributed by atoms with van der Waals surface area (Å²) in [6.45, 7) is 1.83. The van der Waals surface area contributed by atoms with E-state index in [1.807, 2.05) is 6.92 Å². The summed E-state index contributed by atoms with van der Waals surface area (Å²) in [7, 11) is 1.43. The number of halogens is 2. The molecular formula is C15H15F2NO. The summed E-state index contributed by atoms with van der Waals surface area (Å²) in [4.78, 5) is 0. The summed E-state index contributed by atoms with van der Waals surface area (Å²) in [5.74, 6) is -0.649. The molecule has 1 unspecified atom stereocenters. The molecule has 100 valence electrons. The summed E-state index contributed by atoms with van der Waals surface area (Å²) in [5.41, 5.74) is 7.28. The molecule has 0 amide bonds. The van der Waals surface area contributed by atoms with Gasteiger partial charge in [0.15, 0.2) is 0 Å². The lowest BCUT2D eigenvalue weighted by molar-refractivity contribution is 0.401. The van der Waals surface area contributed by atoms with Crippen LogP contribution >= 0.6 is 0 Å². The Morgan fingerprint density at radius 2 is 1.84 bits per heavy atom. The van der Waals surface area contributed by atoms with Crippen LogP contribution in [0.2, 0.25) is 0 Å². The van der Waals surface area contributed by atoms with Gasteiger partial charge in [-0.1, -0.05) is 23.8 Å². The topological polar surface area (TPSA) is 35.2 Å². The number of hydrogen-bond donors (Lipinski definition) is 1. The van der Waals surface area contributed by atoms with E-state index in [0.29, 0.717) is 5.75 Å². The van der Waals surface area contributed by atoms with E-state index in [-0.39, 0.29) is 11.1 Å². The lowest BCUT2D eigenvalue weighted by Crippen LogP contribution is -2.16. The molecule has 2 nitrogen and oxygen atoms in total. The first-order valence-electron chi connectivity index (χ1n) is 5.88. The minimum absolute atomic E-state index is 0.162. The van der Waals surface area contributed by atoms with Crippen molar-refractivity contribution < 1.29 is 13.5 Å². The number of methoxy groups -OCH3 is 1. The van der Waals surface area contributed by atoms with Gasteiger partial charge in [-0.15, -0.1) is 0 Å². The summed E-state index contributed by atoms with van der Waals surface area (Å²) in [5, 5.41) is 0. The molecule has 0 aliphatic rings. The molecule has 2 N–H and O–H groups in total. The molecule has 0 aliphatic heterocycles. The summed E-state index contributed by atoms with van der Waals surface area (Å²) >= 11 is 0. The van der Waals surface area contributed by atoms with E-state index in [4.69, 9.17) is 10.5 Å². The molecule has 0 bridgehead atoms. The zero-order chi connectivity index (χ0) is 14.0. The van der Waals surface area contributed by atoms with E-state index in [9.17, 15) is 8.78 Å². The second kappa shape index (κ2) is 5.36. The largest absolute Gasteiger partial charge is 0.496 e. The van der Waals surface area contributed by atoms with Crippen LogP contribution in [-0.2, 0) is 0 Å². The van der Waals surface area contributed by atoms with Gasteiger partial charge in [0.1, 0.15) is 17.4 Å². The maximum absolute atomic E-state index is 13.9. The van der Waals surface area contributed by atoms with Gasteiger partial charge in [-0.2, -0.15) is 0 Å². The van der Waals surface area contributed by atoms with Gasteiger partial charge in [0.25, 0.3) is 0 Å². The SMILES string of the molecule is COc1cccc(F)c1C(N)c1cc(C)ccc1F. The van der Waals surface area contributed by atoms with Crippen LogP contribution in [0.25, 0.3) is 0 Å². The predicted octanol–water partition coefficient (Wildman–Crippen LogP) is 3.33. The van der Waals surface area contributed by atoms with Gasteiger partial charge in [-0.25, -0.2) is 8.78 Å². The highest BCUT2D eigenvalue weighted by Crippen LogP contribution is 2.32. The first-order chi connectivity index (χ1) is 9.04. The third kappa shape index (κ3) is 2.58. The van der Waals surface area contributed by atoms with Crippen molar-refractivity contribution >= 4 is 0 Å². The molecule has 4 heteroatoms. The van der Waals surface area contributed by atoms with Crippen LogP contribution in [0, 0.1) is 18.6 Å². The van der Waals surface area contributed by atoms with Crippen molar-refractivity contribution in [2.75, 3.05) is 7.11 Å². The highest BCUT2D eigenvalue weighted by atomic mass is 19.1. The second-order valence-corrected chi connectivity index (χ2v) is 4.36. The first-order valence-corrected chi connectivity index (χ1v) is 5.88. The maximum Gasteiger partial charge on any atom is 0.132 e. The van der Waals surface area contributed by atoms with E-state index in [2.05, 4.69) is 0 Å². The third-order valence-corrected chi connectivity index (χ3v) is 3.03. The van der Waals surface area contributed by atoms with Crippen LogP contribution < -0.4 is 10.5 Å². The Kier molecular flexibility index (Phi) is 3.81. The summed E-state index contributed by atoms with van der Waals surface area (Å²) in [6.07, 6.45) is 0. The summed E-state index contributed by atoms with van der Waals surface area (Å²) < 4.78 is 32.8. The maximum atomic E-state index is 13.9. The molecule has 1 atom stereocenters. The molecule has 2 rings (SSSR count). The zero-order valence-corrected chi connectivity index (χ0v) is 10.8. The van der Waals surface area contributed by atoms with Gasteiger partial charge in [-0.3, -0.25) is 0 Å². The number of rotatable bonds is 3. The fraction of sp³-hybridized carbons (Fsp3) is 0.200. The Hall–Kier alpha value is -1.94. The van der Waals surface area contributed by atoms with Crippen molar-refractivity contribution in [3.63, 3.8) is 0 Å². The smallest absolute Gasteiger partial charge is 0.132 e. The molecular weight excluding hydrogens is 248 g/mol. The normalized spacial score (nSPS) is 12.3. The minimum atomic E-state index is -0.906. The van der Waals surface area contributed by atoms with Gasteiger partial charge in [0.2, 0.25) is 0 Å². The van der Waals surface area contributed by atoms with Gasteiger partial charge in [0, 0.05) is 5.56 Å². The fourth-order valence-electron chi connectivity index (χ4n) is 2.05. The van der Waals surface area contributed by atoms with Gasteiger partial charge >= 0.3 is 0 Å². The number of ether oxygens (including phenoxy) is 1. The average molecular weight is 263 g/mol. The number of hydrogen-bond acceptors (Lipinski definition) is 2. The second-order valence-electron chi connectivity index (χ2n) is 4.36. The third-order valence-electron chi connectivity index (χ3n) is 3.03. The van der Waals surface area contributed by atoms with Crippen LogP contribution in [0.3, 0.4) is 0 Å². The van der Waals surface area contributed by atoms with Crippen LogP contribution in [0.1, 0.15) is 22.7 Å². The first kappa shape index (κ1) is 13.5. The number of benzene rings is 2. The van der Waals surface area contributed by atoms with Crippen molar-refractivity contribution in [2.24, 2.45) is 5.73 Å². The molecule has 2 aromatic carbocycles. The molecule has 2 aromatic rings. The number of nitrogens with two attached hydrogens (primary N) is 1. The quantitative estimate of drug-likeness (QED) is 0.921. The summed E-state index contributed by atoms with van der Waals surface area (Å²) in [6, 6.07) is 8.10. The monoisotopic (exact) mass is 263 g/mol. The molecule has 19 heavy (non-hydrogen) atoms. The molecule has 0 spiro atoms. The van der Waals surface area contributed by atoms with Crippen molar-refractivity contribution in [2.45, 2.75) is 13.0 Å². The van der Waals surface area contributed by atoms with Crippen molar-refractivity contribution in [3.8, 4) is 5.75 Å². The molecule has 0 aliphatic carbocycles. The van der Waals surface area contributed by atoms with Crippen LogP contribution in [0.5, 0.6) is 5.75 Å². The van der Waals surface area contributed by atoms with E-state index in [1.165, 1.54) is 25.3 Å². The van der Waals surface area contributed by atoms with Crippen molar-refractivity contribution in [3.05, 3.63) is 64.7 Å². The Bertz CT molecular complexity index is 599. The Morgan fingerprint density at radius 3 is 2.53 bits per heavy atom. The molecule has 0 radical (unpaired) electrons. The molecule has 0 aromatic heterocycles. The van der Waals surface area contributed by atoms with Crippen molar-refractivity contribution in [1.29, 1.82) is 0 Å². The van der Waals surface area contributed by atoms with Crippen molar-refractivity contribution in [1.82, 2.24) is 0 Å². The van der Waals surface area contributed by atoms with Crippen LogP contribution in [0.4, 0.5) is 8.78 Å². The molecule has 0 heterocycles. The lowest BCUT2D eigenvalue weighted by atomic mass is 9.96. The number of aryl methyl sites for hydroxylation is 1. The van der Waals surface area contributed by atoms with Crippen LogP contribution in [0.15, 0.2) is 36.4 Å². The fourth-order valence-corrected chi connectivity index (χ4v) is 2.05. The predicted molar refractivity (Wildman–Crippen MR) is 70.1 cm³/mol. The van der Waals surface area contributed by atoms with E-state index < -0.39 is 17.7 Å². The zero-order valence-electron chi connectivity index (χ0n) is 10.8. The Balaban J connectivity index is 2.55. The van der Waals surface area contributed by atoms with E-state index >= 15 is 0 Å². The highest BCUT2D eigenvalue weighted by molar-refractivity contribution is 5.43.